The van der Waals surface area contributed by atoms with Crippen LogP contribution in [0.5, 0.6) is 0 Å². The number of esters is 1. The van der Waals surface area contributed by atoms with E-state index in [2.05, 4.69) is 40.7 Å². The van der Waals surface area contributed by atoms with E-state index in [9.17, 15) is 10.1 Å². The number of carbonyl (C=O) groups is 1. The van der Waals surface area contributed by atoms with Gasteiger partial charge >= 0.3 is 5.97 Å². The number of ether oxygens (including phenoxy) is 1. The highest BCUT2D eigenvalue weighted by Crippen LogP contribution is 2.48. The Kier molecular flexibility index (Phi) is 8.69. The quantitative estimate of drug-likeness (QED) is 0.377. The van der Waals surface area contributed by atoms with Crippen LogP contribution in [0.4, 0.5) is 0 Å². The first kappa shape index (κ1) is 21.7. The van der Waals surface area contributed by atoms with Crippen molar-refractivity contribution in [2.75, 3.05) is 6.61 Å². The molecule has 0 bridgehead atoms. The molecule has 0 fully saturated rings. The maximum Gasteiger partial charge on any atom is 0.323 e. The number of rotatable bonds is 9. The lowest BCUT2D eigenvalue weighted by atomic mass is 9.62. The summed E-state index contributed by atoms with van der Waals surface area (Å²) in [5, 5.41) is 9.73. The molecule has 3 atom stereocenters. The molecule has 0 saturated carbocycles. The van der Waals surface area contributed by atoms with Crippen LogP contribution < -0.4 is 0 Å². The highest BCUT2D eigenvalue weighted by molar-refractivity contribution is 5.76. The average Bonchev–Trinajstić information content (AvgIpc) is 2.62. The molecule has 0 aromatic carbocycles. The summed E-state index contributed by atoms with van der Waals surface area (Å²) in [6, 6.07) is 2.29. The molecule has 1 unspecified atom stereocenters. The van der Waals surface area contributed by atoms with Gasteiger partial charge in [0.25, 0.3) is 0 Å². The highest BCUT2D eigenvalue weighted by Gasteiger charge is 2.44. The summed E-state index contributed by atoms with van der Waals surface area (Å²) in [5.41, 5.74) is 2.96. The molecule has 0 amide bonds. The molecule has 0 heterocycles. The molecular weight excluding hydrogens is 310 g/mol. The minimum absolute atomic E-state index is 0.275. The van der Waals surface area contributed by atoms with Crippen LogP contribution in [0.2, 0.25) is 0 Å². The van der Waals surface area contributed by atoms with Crippen LogP contribution in [0.25, 0.3) is 0 Å². The van der Waals surface area contributed by atoms with Crippen molar-refractivity contribution in [3.05, 3.63) is 11.1 Å². The molecule has 142 valence electrons. The first-order valence-electron chi connectivity index (χ1n) is 10.2. The van der Waals surface area contributed by atoms with Crippen molar-refractivity contribution < 1.29 is 9.53 Å². The second-order valence-corrected chi connectivity index (χ2v) is 7.65. The van der Waals surface area contributed by atoms with E-state index in [4.69, 9.17) is 4.74 Å². The summed E-state index contributed by atoms with van der Waals surface area (Å²) in [4.78, 5) is 12.4. The number of nitriles is 1. The molecule has 0 radical (unpaired) electrons. The highest BCUT2D eigenvalue weighted by atomic mass is 16.5. The normalized spacial score (nSPS) is 22.4. The van der Waals surface area contributed by atoms with E-state index in [-0.39, 0.29) is 11.4 Å². The third-order valence-corrected chi connectivity index (χ3v) is 6.58. The van der Waals surface area contributed by atoms with Gasteiger partial charge in [0.05, 0.1) is 12.7 Å². The van der Waals surface area contributed by atoms with Gasteiger partial charge in [0.1, 0.15) is 5.92 Å². The smallest absolute Gasteiger partial charge is 0.323 e. The Morgan fingerprint density at radius 2 is 1.72 bits per heavy atom. The van der Waals surface area contributed by atoms with Crippen LogP contribution >= 0.6 is 0 Å². The number of allylic oxidation sites excluding steroid dienone is 2. The Hall–Kier alpha value is -1.30. The fourth-order valence-corrected chi connectivity index (χ4v) is 4.68. The van der Waals surface area contributed by atoms with Gasteiger partial charge in [-0.05, 0) is 69.1 Å². The summed E-state index contributed by atoms with van der Waals surface area (Å²) in [6.07, 6.45) is 7.20. The Bertz CT molecular complexity index is 511. The fourth-order valence-electron chi connectivity index (χ4n) is 4.68. The summed E-state index contributed by atoms with van der Waals surface area (Å²) in [7, 11) is 0. The first-order chi connectivity index (χ1) is 11.9. The van der Waals surface area contributed by atoms with Gasteiger partial charge in [0, 0.05) is 0 Å². The SMILES string of the molecule is CCOC(=O)C(C#N)C(CC)(CC)C[C@H]1CC(CC)=C(CC)C[C@H]1C. The predicted octanol–water partition coefficient (Wildman–Crippen LogP) is 6.05. The summed E-state index contributed by atoms with van der Waals surface area (Å²) in [6.45, 7) is 13.2. The third-order valence-electron chi connectivity index (χ3n) is 6.58. The fraction of sp³-hybridized carbons (Fsp3) is 0.818. The van der Waals surface area contributed by atoms with Crippen LogP contribution in [0.15, 0.2) is 11.1 Å². The Morgan fingerprint density at radius 3 is 2.16 bits per heavy atom. The second kappa shape index (κ2) is 10.00. The molecule has 1 aliphatic rings. The zero-order valence-electron chi connectivity index (χ0n) is 17.2. The van der Waals surface area contributed by atoms with Crippen molar-refractivity contribution >= 4 is 5.97 Å². The minimum atomic E-state index is -0.656. The van der Waals surface area contributed by atoms with Crippen molar-refractivity contribution in [1.29, 1.82) is 5.26 Å². The average molecular weight is 348 g/mol. The van der Waals surface area contributed by atoms with E-state index in [1.807, 2.05) is 0 Å². The molecule has 0 aromatic rings. The Morgan fingerprint density at radius 1 is 1.16 bits per heavy atom. The van der Waals surface area contributed by atoms with Gasteiger partial charge in [-0.1, -0.05) is 45.8 Å². The lowest BCUT2D eigenvalue weighted by Gasteiger charge is -2.42. The van der Waals surface area contributed by atoms with E-state index in [0.29, 0.717) is 18.4 Å². The molecule has 1 rings (SSSR count). The number of carbonyl (C=O) groups excluding carboxylic acids is 1. The zero-order chi connectivity index (χ0) is 19.0. The lowest BCUT2D eigenvalue weighted by molar-refractivity contribution is -0.151. The van der Waals surface area contributed by atoms with Crippen molar-refractivity contribution in [1.82, 2.24) is 0 Å². The van der Waals surface area contributed by atoms with Crippen molar-refractivity contribution in [3.63, 3.8) is 0 Å². The first-order valence-corrected chi connectivity index (χ1v) is 10.2. The van der Waals surface area contributed by atoms with Crippen LogP contribution in [-0.2, 0) is 9.53 Å². The van der Waals surface area contributed by atoms with E-state index < -0.39 is 5.92 Å². The van der Waals surface area contributed by atoms with Gasteiger partial charge in [-0.15, -0.1) is 0 Å². The minimum Gasteiger partial charge on any atom is -0.465 e. The molecule has 1 aliphatic carbocycles. The summed E-state index contributed by atoms with van der Waals surface area (Å²) in [5.74, 6) is 0.175. The molecule has 0 aliphatic heterocycles. The second-order valence-electron chi connectivity index (χ2n) is 7.65. The molecular formula is C22H37NO2. The predicted molar refractivity (Wildman–Crippen MR) is 103 cm³/mol. The van der Waals surface area contributed by atoms with Crippen molar-refractivity contribution in [3.8, 4) is 6.07 Å². The lowest BCUT2D eigenvalue weighted by Crippen LogP contribution is -2.39. The molecule has 0 N–H and O–H groups in total. The number of hydrogen-bond acceptors (Lipinski definition) is 3. The van der Waals surface area contributed by atoms with Gasteiger partial charge in [-0.25, -0.2) is 0 Å². The molecule has 0 spiro atoms. The molecule has 3 heteroatoms. The van der Waals surface area contributed by atoms with Gasteiger partial charge in [0.15, 0.2) is 0 Å². The largest absolute Gasteiger partial charge is 0.465 e. The Labute approximate surface area is 154 Å². The van der Waals surface area contributed by atoms with Crippen LogP contribution in [0.3, 0.4) is 0 Å². The standard InChI is InChI=1S/C22H37NO2/c1-7-17-12-16(6)19(13-18(17)8-2)14-22(9-3,10-4)20(15-23)21(24)25-11-5/h16,19-20H,7-14H2,1-6H3/t16-,19-,20?/m1/s1. The summed E-state index contributed by atoms with van der Waals surface area (Å²) >= 11 is 0. The molecule has 0 aromatic heterocycles. The molecule has 25 heavy (non-hydrogen) atoms. The Balaban J connectivity index is 3.10. The topological polar surface area (TPSA) is 50.1 Å². The van der Waals surface area contributed by atoms with E-state index in [1.165, 1.54) is 6.42 Å². The van der Waals surface area contributed by atoms with Gasteiger partial charge in [-0.3, -0.25) is 4.79 Å². The van der Waals surface area contributed by atoms with Crippen molar-refractivity contribution in [2.45, 2.75) is 86.5 Å². The van der Waals surface area contributed by atoms with Crippen molar-refractivity contribution in [2.24, 2.45) is 23.2 Å². The maximum absolute atomic E-state index is 12.4. The van der Waals surface area contributed by atoms with Gasteiger partial charge in [-0.2, -0.15) is 5.26 Å². The zero-order valence-corrected chi connectivity index (χ0v) is 17.2. The monoisotopic (exact) mass is 347 g/mol. The molecule has 3 nitrogen and oxygen atoms in total. The van der Waals surface area contributed by atoms with E-state index in [1.54, 1.807) is 18.1 Å². The van der Waals surface area contributed by atoms with Crippen LogP contribution in [-0.4, -0.2) is 12.6 Å². The van der Waals surface area contributed by atoms with Gasteiger partial charge in [0.2, 0.25) is 0 Å². The van der Waals surface area contributed by atoms with E-state index >= 15 is 0 Å². The number of hydrogen-bond donors (Lipinski definition) is 0. The van der Waals surface area contributed by atoms with Crippen LogP contribution in [0, 0.1) is 34.5 Å². The van der Waals surface area contributed by atoms with Gasteiger partial charge < -0.3 is 4.74 Å². The number of nitrogens with zero attached hydrogens (tertiary/aromatic N) is 1. The van der Waals surface area contributed by atoms with E-state index in [0.717, 1.165) is 38.5 Å². The maximum atomic E-state index is 12.4. The molecule has 0 saturated heterocycles. The summed E-state index contributed by atoms with van der Waals surface area (Å²) < 4.78 is 5.23. The van der Waals surface area contributed by atoms with Crippen LogP contribution in [0.1, 0.15) is 86.5 Å². The third kappa shape index (κ3) is 4.87.